The highest BCUT2D eigenvalue weighted by Gasteiger charge is 2.13. The number of likely N-dealkylation sites (N-methyl/N-ethyl adjacent to an activating group) is 1. The second-order valence-electron chi connectivity index (χ2n) is 3.75. The molecule has 96 valence electrons. The van der Waals surface area contributed by atoms with Gasteiger partial charge in [-0.25, -0.2) is 8.42 Å². The van der Waals surface area contributed by atoms with Crippen LogP contribution in [0, 0.1) is 0 Å². The minimum absolute atomic E-state index is 0.127. The van der Waals surface area contributed by atoms with Crippen LogP contribution in [-0.2, 0) is 10.1 Å². The van der Waals surface area contributed by atoms with E-state index in [1.807, 2.05) is 42.2 Å². The number of nitrogens with zero attached hydrogens (tertiary/aromatic N) is 1. The fourth-order valence-corrected chi connectivity index (χ4v) is 2.18. The van der Waals surface area contributed by atoms with Crippen molar-refractivity contribution in [1.82, 2.24) is 0 Å². The van der Waals surface area contributed by atoms with Crippen molar-refractivity contribution in [2.75, 3.05) is 23.7 Å². The topological polar surface area (TPSA) is 80.7 Å². The van der Waals surface area contributed by atoms with Gasteiger partial charge in [0.25, 0.3) is 0 Å². The maximum absolute atomic E-state index is 10.5. The van der Waals surface area contributed by atoms with Gasteiger partial charge in [0.2, 0.25) is 0 Å². The first-order valence-corrected chi connectivity index (χ1v) is 6.91. The van der Waals surface area contributed by atoms with E-state index in [0.717, 1.165) is 5.69 Å². The van der Waals surface area contributed by atoms with Gasteiger partial charge in [-0.2, -0.15) is 0 Å². The summed E-state index contributed by atoms with van der Waals surface area (Å²) in [6, 6.07) is 9.31. The number of hydrogen-bond donors (Lipinski definition) is 1. The molecule has 0 fully saturated rings. The lowest BCUT2D eigenvalue weighted by atomic mass is 10.2. The normalized spacial score (nSPS) is 13.4. The minimum atomic E-state index is -4.39. The molecule has 0 aliphatic heterocycles. The Bertz CT molecular complexity index is 432. The second kappa shape index (κ2) is 6.00. The molecule has 17 heavy (non-hydrogen) atoms. The summed E-state index contributed by atoms with van der Waals surface area (Å²) in [6.07, 6.45) is -1.17. The summed E-state index contributed by atoms with van der Waals surface area (Å²) >= 11 is 0. The van der Waals surface area contributed by atoms with Crippen LogP contribution in [0.2, 0.25) is 0 Å². The molecule has 5 nitrogen and oxygen atoms in total. The van der Waals surface area contributed by atoms with Gasteiger partial charge >= 0.3 is 0 Å². The molecule has 0 saturated heterocycles. The van der Waals surface area contributed by atoms with E-state index in [1.54, 1.807) is 0 Å². The molecule has 1 aromatic rings. The Morgan fingerprint density at radius 1 is 1.35 bits per heavy atom. The Hall–Kier alpha value is -1.11. The maximum Gasteiger partial charge on any atom is 0.0972 e. The summed E-state index contributed by atoms with van der Waals surface area (Å²) < 4.78 is 31.5. The number of aliphatic hydroxyl groups is 1. The number of hydrogen-bond acceptors (Lipinski definition) is 5. The molecule has 0 heterocycles. The van der Waals surface area contributed by atoms with Crippen LogP contribution in [0.3, 0.4) is 0 Å². The molecule has 1 atom stereocenters. The van der Waals surface area contributed by atoms with Gasteiger partial charge in [-0.1, -0.05) is 18.2 Å². The molecule has 0 aliphatic carbocycles. The van der Waals surface area contributed by atoms with E-state index in [2.05, 4.69) is 0 Å². The van der Waals surface area contributed by atoms with Crippen LogP contribution in [0.4, 0.5) is 5.69 Å². The van der Waals surface area contributed by atoms with E-state index in [0.29, 0.717) is 6.54 Å². The zero-order valence-electron chi connectivity index (χ0n) is 9.61. The summed E-state index contributed by atoms with van der Waals surface area (Å²) in [7, 11) is -4.39. The number of rotatable bonds is 6. The molecular formula is C11H16NO4S-. The lowest BCUT2D eigenvalue weighted by molar-refractivity contribution is 0.199. The first kappa shape index (κ1) is 14.0. The van der Waals surface area contributed by atoms with Gasteiger partial charge in [0, 0.05) is 18.8 Å². The Morgan fingerprint density at radius 2 is 1.94 bits per heavy atom. The molecule has 0 aliphatic rings. The maximum atomic E-state index is 10.5. The number of anilines is 1. The minimum Gasteiger partial charge on any atom is -0.748 e. The summed E-state index contributed by atoms with van der Waals surface area (Å²) in [5.74, 6) is -0.754. The molecule has 1 aromatic carbocycles. The van der Waals surface area contributed by atoms with Crippen LogP contribution in [0.5, 0.6) is 0 Å². The van der Waals surface area contributed by atoms with E-state index in [-0.39, 0.29) is 6.54 Å². The van der Waals surface area contributed by atoms with E-state index < -0.39 is 22.0 Å². The summed E-state index contributed by atoms with van der Waals surface area (Å²) in [6.45, 7) is 2.65. The third kappa shape index (κ3) is 5.16. The predicted octanol–water partition coefficient (Wildman–Crippen LogP) is 0.419. The quantitative estimate of drug-likeness (QED) is 0.748. The molecule has 6 heteroatoms. The molecule has 0 aromatic heterocycles. The van der Waals surface area contributed by atoms with Crippen LogP contribution < -0.4 is 4.90 Å². The summed E-state index contributed by atoms with van der Waals surface area (Å²) in [5, 5.41) is 9.53. The summed E-state index contributed by atoms with van der Waals surface area (Å²) in [5.41, 5.74) is 0.886. The average Bonchev–Trinajstić information content (AvgIpc) is 2.24. The second-order valence-corrected chi connectivity index (χ2v) is 5.20. The standard InChI is InChI=1S/C11H17NO4S/c1-2-12(10-6-4-3-5-7-10)8-11(13)9-17(14,15)16/h3-7,11,13H,2,8-9H2,1H3,(H,14,15,16)/p-1. The van der Waals surface area contributed by atoms with E-state index >= 15 is 0 Å². The van der Waals surface area contributed by atoms with Crippen molar-refractivity contribution in [1.29, 1.82) is 0 Å². The molecule has 0 spiro atoms. The van der Waals surface area contributed by atoms with Crippen molar-refractivity contribution in [2.24, 2.45) is 0 Å². The largest absolute Gasteiger partial charge is 0.748 e. The Balaban J connectivity index is 2.65. The van der Waals surface area contributed by atoms with Crippen molar-refractivity contribution in [3.8, 4) is 0 Å². The average molecular weight is 258 g/mol. The van der Waals surface area contributed by atoms with Gasteiger partial charge in [-0.3, -0.25) is 0 Å². The van der Waals surface area contributed by atoms with Crippen LogP contribution in [0.1, 0.15) is 6.92 Å². The Morgan fingerprint density at radius 3 is 2.41 bits per heavy atom. The number of aliphatic hydroxyl groups excluding tert-OH is 1. The molecular weight excluding hydrogens is 242 g/mol. The van der Waals surface area contributed by atoms with Gasteiger partial charge in [-0.05, 0) is 19.1 Å². The highest BCUT2D eigenvalue weighted by molar-refractivity contribution is 7.85. The third-order valence-corrected chi connectivity index (χ3v) is 3.12. The monoisotopic (exact) mass is 258 g/mol. The fourth-order valence-electron chi connectivity index (χ4n) is 1.60. The lowest BCUT2D eigenvalue weighted by Crippen LogP contribution is -2.36. The van der Waals surface area contributed by atoms with Crippen molar-refractivity contribution < 1.29 is 18.1 Å². The number of benzene rings is 1. The molecule has 1 rings (SSSR count). The zero-order chi connectivity index (χ0) is 12.9. The molecule has 0 saturated carbocycles. The highest BCUT2D eigenvalue weighted by atomic mass is 32.2. The van der Waals surface area contributed by atoms with Crippen LogP contribution in [0.25, 0.3) is 0 Å². The first-order valence-electron chi connectivity index (χ1n) is 5.34. The van der Waals surface area contributed by atoms with Crippen LogP contribution in [-0.4, -0.2) is 43.0 Å². The van der Waals surface area contributed by atoms with Gasteiger partial charge in [0.15, 0.2) is 0 Å². The van der Waals surface area contributed by atoms with Crippen LogP contribution in [0.15, 0.2) is 30.3 Å². The molecule has 0 bridgehead atoms. The fraction of sp³-hybridized carbons (Fsp3) is 0.455. The molecule has 0 radical (unpaired) electrons. The molecule has 1 unspecified atom stereocenters. The van der Waals surface area contributed by atoms with Gasteiger partial charge in [-0.15, -0.1) is 0 Å². The van der Waals surface area contributed by atoms with E-state index in [1.165, 1.54) is 0 Å². The van der Waals surface area contributed by atoms with Crippen molar-refractivity contribution in [2.45, 2.75) is 13.0 Å². The number of para-hydroxylation sites is 1. The van der Waals surface area contributed by atoms with E-state index in [9.17, 15) is 18.1 Å². The van der Waals surface area contributed by atoms with Crippen LogP contribution >= 0.6 is 0 Å². The van der Waals surface area contributed by atoms with Gasteiger partial charge in [0.05, 0.1) is 22.0 Å². The van der Waals surface area contributed by atoms with Gasteiger partial charge in [0.1, 0.15) is 0 Å². The first-order chi connectivity index (χ1) is 7.92. The lowest BCUT2D eigenvalue weighted by Gasteiger charge is -2.26. The third-order valence-electron chi connectivity index (χ3n) is 2.33. The molecule has 1 N–H and O–H groups in total. The smallest absolute Gasteiger partial charge is 0.0972 e. The SMILES string of the molecule is CCN(CC(O)CS(=O)(=O)[O-])c1ccccc1. The Kier molecular flexibility index (Phi) is 4.92. The van der Waals surface area contributed by atoms with Crippen molar-refractivity contribution in [3.05, 3.63) is 30.3 Å². The Labute approximate surface area is 101 Å². The van der Waals surface area contributed by atoms with Crippen molar-refractivity contribution >= 4 is 15.8 Å². The zero-order valence-corrected chi connectivity index (χ0v) is 10.4. The predicted molar refractivity (Wildman–Crippen MR) is 64.9 cm³/mol. The van der Waals surface area contributed by atoms with Gasteiger partial charge < -0.3 is 14.6 Å². The molecule has 0 amide bonds. The summed E-state index contributed by atoms with van der Waals surface area (Å²) in [4.78, 5) is 1.82. The highest BCUT2D eigenvalue weighted by Crippen LogP contribution is 2.13. The van der Waals surface area contributed by atoms with Crippen molar-refractivity contribution in [3.63, 3.8) is 0 Å². The van der Waals surface area contributed by atoms with E-state index in [4.69, 9.17) is 0 Å².